The lowest BCUT2D eigenvalue weighted by Crippen LogP contribution is -2.24. The van der Waals surface area contributed by atoms with Gasteiger partial charge in [0.25, 0.3) is 0 Å². The number of aromatic nitrogens is 2. The van der Waals surface area contributed by atoms with Crippen molar-refractivity contribution < 1.29 is 4.52 Å². The number of nitrogens with one attached hydrogen (secondary N) is 1. The van der Waals surface area contributed by atoms with Crippen molar-refractivity contribution in [2.24, 2.45) is 0 Å². The SMILES string of the molecule is CN1CCCc2cc(-c3noc(=O)[nH]3)ccc21. The fourth-order valence-electron chi connectivity index (χ4n) is 2.29. The monoisotopic (exact) mass is 231 g/mol. The summed E-state index contributed by atoms with van der Waals surface area (Å²) in [5, 5.41) is 3.70. The molecule has 17 heavy (non-hydrogen) atoms. The third-order valence-electron chi connectivity index (χ3n) is 3.14. The maximum absolute atomic E-state index is 10.9. The molecule has 0 fully saturated rings. The molecule has 0 saturated carbocycles. The highest BCUT2D eigenvalue weighted by molar-refractivity contribution is 5.65. The normalized spacial score (nSPS) is 14.8. The van der Waals surface area contributed by atoms with Crippen LogP contribution in [0.25, 0.3) is 11.4 Å². The smallest absolute Gasteiger partial charge is 0.374 e. The van der Waals surface area contributed by atoms with Gasteiger partial charge in [0.05, 0.1) is 0 Å². The molecule has 1 N–H and O–H groups in total. The number of anilines is 1. The molecule has 0 amide bonds. The average Bonchev–Trinajstić information content (AvgIpc) is 2.76. The average molecular weight is 231 g/mol. The number of nitrogens with zero attached hydrogens (tertiary/aromatic N) is 2. The zero-order valence-corrected chi connectivity index (χ0v) is 9.56. The zero-order chi connectivity index (χ0) is 11.8. The van der Waals surface area contributed by atoms with Gasteiger partial charge in [0.15, 0.2) is 5.82 Å². The Bertz CT molecular complexity index is 600. The van der Waals surface area contributed by atoms with Crippen molar-refractivity contribution in [2.45, 2.75) is 12.8 Å². The van der Waals surface area contributed by atoms with E-state index in [2.05, 4.69) is 38.7 Å². The molecule has 0 saturated heterocycles. The first-order valence-corrected chi connectivity index (χ1v) is 5.64. The van der Waals surface area contributed by atoms with Crippen molar-refractivity contribution in [2.75, 3.05) is 18.5 Å². The second kappa shape index (κ2) is 3.76. The van der Waals surface area contributed by atoms with Gasteiger partial charge in [-0.1, -0.05) is 5.16 Å². The van der Waals surface area contributed by atoms with E-state index in [0.717, 1.165) is 24.9 Å². The van der Waals surface area contributed by atoms with Crippen molar-refractivity contribution >= 4 is 5.69 Å². The molecule has 5 nitrogen and oxygen atoms in total. The number of hydrogen-bond acceptors (Lipinski definition) is 4. The fourth-order valence-corrected chi connectivity index (χ4v) is 2.29. The molecule has 2 heterocycles. The van der Waals surface area contributed by atoms with Crippen molar-refractivity contribution in [3.63, 3.8) is 0 Å². The first-order chi connectivity index (χ1) is 8.24. The van der Waals surface area contributed by atoms with Gasteiger partial charge in [-0.05, 0) is 36.6 Å². The number of fused-ring (bicyclic) bond motifs is 1. The van der Waals surface area contributed by atoms with Crippen LogP contribution in [0.2, 0.25) is 0 Å². The Hall–Kier alpha value is -2.04. The van der Waals surface area contributed by atoms with Crippen LogP contribution in [0.5, 0.6) is 0 Å². The summed E-state index contributed by atoms with van der Waals surface area (Å²) < 4.78 is 4.51. The largest absolute Gasteiger partial charge is 0.439 e. The van der Waals surface area contributed by atoms with Gasteiger partial charge in [-0.2, -0.15) is 0 Å². The molecule has 0 radical (unpaired) electrons. The van der Waals surface area contributed by atoms with Crippen LogP contribution in [0.15, 0.2) is 27.5 Å². The van der Waals surface area contributed by atoms with Gasteiger partial charge in [0.2, 0.25) is 0 Å². The highest BCUT2D eigenvalue weighted by Crippen LogP contribution is 2.29. The highest BCUT2D eigenvalue weighted by Gasteiger charge is 2.15. The first kappa shape index (κ1) is 10.1. The minimum Gasteiger partial charge on any atom is -0.374 e. The zero-order valence-electron chi connectivity index (χ0n) is 9.56. The summed E-state index contributed by atoms with van der Waals surface area (Å²) in [7, 11) is 2.09. The standard InChI is InChI=1S/C12H13N3O2/c1-15-6-2-3-8-7-9(4-5-10(8)15)11-13-12(16)17-14-11/h4-5,7H,2-3,6H2,1H3,(H,13,14,16). The molecule has 3 rings (SSSR count). The van der Waals surface area contributed by atoms with Crippen LogP contribution in [-0.4, -0.2) is 23.7 Å². The minimum atomic E-state index is -0.519. The van der Waals surface area contributed by atoms with Crippen molar-refractivity contribution in [3.8, 4) is 11.4 Å². The van der Waals surface area contributed by atoms with Gasteiger partial charge in [0, 0.05) is 24.8 Å². The molecular weight excluding hydrogens is 218 g/mol. The summed E-state index contributed by atoms with van der Waals surface area (Å²) in [5.41, 5.74) is 3.44. The first-order valence-electron chi connectivity index (χ1n) is 5.64. The molecule has 0 aliphatic carbocycles. The second-order valence-electron chi connectivity index (χ2n) is 4.31. The highest BCUT2D eigenvalue weighted by atomic mass is 16.5. The Kier molecular flexibility index (Phi) is 2.24. The van der Waals surface area contributed by atoms with Crippen LogP contribution in [0.3, 0.4) is 0 Å². The van der Waals surface area contributed by atoms with Crippen LogP contribution in [0.1, 0.15) is 12.0 Å². The Balaban J connectivity index is 2.06. The predicted octanol–water partition coefficient (Wildman–Crippen LogP) is 1.41. The van der Waals surface area contributed by atoms with E-state index >= 15 is 0 Å². The van der Waals surface area contributed by atoms with E-state index in [9.17, 15) is 4.79 Å². The van der Waals surface area contributed by atoms with E-state index in [4.69, 9.17) is 0 Å². The summed E-state index contributed by atoms with van der Waals surface area (Å²) in [6, 6.07) is 6.09. The maximum Gasteiger partial charge on any atom is 0.439 e. The number of H-pyrrole nitrogens is 1. The molecule has 1 aromatic heterocycles. The second-order valence-corrected chi connectivity index (χ2v) is 4.31. The predicted molar refractivity (Wildman–Crippen MR) is 64.2 cm³/mol. The van der Waals surface area contributed by atoms with E-state index in [-0.39, 0.29) is 0 Å². The van der Waals surface area contributed by atoms with E-state index in [1.165, 1.54) is 11.3 Å². The number of aromatic amines is 1. The lowest BCUT2D eigenvalue weighted by atomic mass is 9.99. The Morgan fingerprint density at radius 1 is 1.47 bits per heavy atom. The molecule has 1 aromatic carbocycles. The number of benzene rings is 1. The van der Waals surface area contributed by atoms with E-state index in [1.54, 1.807) is 0 Å². The summed E-state index contributed by atoms with van der Waals surface area (Å²) in [4.78, 5) is 15.7. The Labute approximate surface area is 98.0 Å². The van der Waals surface area contributed by atoms with Gasteiger partial charge in [-0.25, -0.2) is 4.79 Å². The van der Waals surface area contributed by atoms with Crippen LogP contribution in [0.4, 0.5) is 5.69 Å². The fraction of sp³-hybridized carbons (Fsp3) is 0.333. The van der Waals surface area contributed by atoms with Gasteiger partial charge in [0.1, 0.15) is 0 Å². The molecule has 1 aliphatic heterocycles. The quantitative estimate of drug-likeness (QED) is 0.806. The van der Waals surface area contributed by atoms with Gasteiger partial charge < -0.3 is 4.90 Å². The maximum atomic E-state index is 10.9. The number of aryl methyl sites for hydroxylation is 1. The van der Waals surface area contributed by atoms with Crippen LogP contribution in [0, 0.1) is 0 Å². The Morgan fingerprint density at radius 2 is 2.35 bits per heavy atom. The molecular formula is C12H13N3O2. The molecule has 88 valence electrons. The molecule has 0 unspecified atom stereocenters. The summed E-state index contributed by atoms with van der Waals surface area (Å²) in [5.74, 6) is -0.0270. The van der Waals surface area contributed by atoms with Crippen molar-refractivity contribution in [3.05, 3.63) is 34.3 Å². The summed E-state index contributed by atoms with van der Waals surface area (Å²) >= 11 is 0. The van der Waals surface area contributed by atoms with Gasteiger partial charge >= 0.3 is 5.76 Å². The lowest BCUT2D eigenvalue weighted by molar-refractivity contribution is 0.388. The van der Waals surface area contributed by atoms with Crippen LogP contribution in [-0.2, 0) is 6.42 Å². The molecule has 0 atom stereocenters. The molecule has 0 spiro atoms. The summed E-state index contributed by atoms with van der Waals surface area (Å²) in [6.07, 6.45) is 2.22. The van der Waals surface area contributed by atoms with E-state index in [1.807, 2.05) is 6.07 Å². The molecule has 1 aliphatic rings. The van der Waals surface area contributed by atoms with Gasteiger partial charge in [-0.15, -0.1) is 0 Å². The number of hydrogen-bond donors (Lipinski definition) is 1. The third-order valence-corrected chi connectivity index (χ3v) is 3.14. The topological polar surface area (TPSA) is 62.1 Å². The van der Waals surface area contributed by atoms with Crippen LogP contribution < -0.4 is 10.7 Å². The lowest BCUT2D eigenvalue weighted by Gasteiger charge is -2.27. The van der Waals surface area contributed by atoms with E-state index in [0.29, 0.717) is 5.82 Å². The third kappa shape index (κ3) is 1.73. The van der Waals surface area contributed by atoms with Crippen molar-refractivity contribution in [1.29, 1.82) is 0 Å². The minimum absolute atomic E-state index is 0.492. The Morgan fingerprint density at radius 3 is 3.12 bits per heavy atom. The van der Waals surface area contributed by atoms with Gasteiger partial charge in [-0.3, -0.25) is 9.51 Å². The summed E-state index contributed by atoms with van der Waals surface area (Å²) in [6.45, 7) is 1.09. The molecule has 2 aromatic rings. The van der Waals surface area contributed by atoms with Crippen LogP contribution >= 0.6 is 0 Å². The molecule has 5 heteroatoms. The van der Waals surface area contributed by atoms with Crippen molar-refractivity contribution in [1.82, 2.24) is 10.1 Å². The molecule has 0 bridgehead atoms. The number of rotatable bonds is 1. The van der Waals surface area contributed by atoms with E-state index < -0.39 is 5.76 Å².